The third kappa shape index (κ3) is 1.75. The van der Waals surface area contributed by atoms with Gasteiger partial charge in [0, 0.05) is 4.75 Å². The Balaban J connectivity index is 1.78. The molecule has 88 valence electrons. The van der Waals surface area contributed by atoms with Crippen molar-refractivity contribution in [1.29, 1.82) is 0 Å². The van der Waals surface area contributed by atoms with Crippen LogP contribution in [0, 0.1) is 17.8 Å². The van der Waals surface area contributed by atoms with Crippen LogP contribution >= 0.6 is 11.8 Å². The van der Waals surface area contributed by atoms with E-state index in [1.165, 1.54) is 38.5 Å². The minimum atomic E-state index is 0.238. The molecule has 0 aromatic heterocycles. The lowest BCUT2D eigenvalue weighted by Gasteiger charge is -2.56. The van der Waals surface area contributed by atoms with E-state index in [9.17, 15) is 4.79 Å². The lowest BCUT2D eigenvalue weighted by atomic mass is 9.56. The van der Waals surface area contributed by atoms with Gasteiger partial charge in [0.1, 0.15) is 0 Å². The number of hydrogen-bond acceptors (Lipinski definition) is 2. The summed E-state index contributed by atoms with van der Waals surface area (Å²) in [5.74, 6) is 2.78. The van der Waals surface area contributed by atoms with Crippen molar-refractivity contribution in [3.8, 4) is 0 Å². The average Bonchev–Trinajstić information content (AvgIpc) is 2.13. The highest BCUT2D eigenvalue weighted by molar-refractivity contribution is 8.15. The summed E-state index contributed by atoms with van der Waals surface area (Å²) in [6, 6.07) is 0. The zero-order valence-electron chi connectivity index (χ0n) is 10.00. The lowest BCUT2D eigenvalue weighted by molar-refractivity contribution is -0.108. The van der Waals surface area contributed by atoms with E-state index in [1.807, 2.05) is 6.92 Å². The Morgan fingerprint density at radius 1 is 1.12 bits per heavy atom. The molecule has 0 atom stereocenters. The molecular weight excluding hydrogens is 216 g/mol. The van der Waals surface area contributed by atoms with E-state index < -0.39 is 0 Å². The molecule has 0 amide bonds. The van der Waals surface area contributed by atoms with Crippen molar-refractivity contribution in [2.24, 2.45) is 17.8 Å². The summed E-state index contributed by atoms with van der Waals surface area (Å²) in [6.07, 6.45) is 8.22. The summed E-state index contributed by atoms with van der Waals surface area (Å²) >= 11 is 1.63. The summed E-state index contributed by atoms with van der Waals surface area (Å²) in [5, 5.41) is 0.238. The molecule has 0 aromatic rings. The van der Waals surface area contributed by atoms with Gasteiger partial charge in [0.2, 0.25) is 5.12 Å². The first-order valence-corrected chi connectivity index (χ1v) is 7.27. The first-order chi connectivity index (χ1) is 7.56. The lowest BCUT2D eigenvalue weighted by Crippen LogP contribution is -2.49. The van der Waals surface area contributed by atoms with Crippen LogP contribution in [0.5, 0.6) is 0 Å². The molecule has 4 aliphatic carbocycles. The van der Waals surface area contributed by atoms with Gasteiger partial charge in [-0.25, -0.2) is 0 Å². The van der Waals surface area contributed by atoms with Crippen LogP contribution in [0.2, 0.25) is 0 Å². The van der Waals surface area contributed by atoms with Crippen LogP contribution in [0.1, 0.15) is 45.4 Å². The third-order valence-corrected chi connectivity index (χ3v) is 6.11. The number of hydrogen-bond donors (Lipinski definition) is 0. The molecule has 0 saturated heterocycles. The van der Waals surface area contributed by atoms with Crippen molar-refractivity contribution in [1.82, 2.24) is 0 Å². The van der Waals surface area contributed by atoms with Gasteiger partial charge in [0.15, 0.2) is 0 Å². The fraction of sp³-hybridized carbons (Fsp3) is 0.786. The number of carbonyl (C=O) groups excluding carboxylic acids is 1. The van der Waals surface area contributed by atoms with Gasteiger partial charge in [0.05, 0.1) is 0 Å². The van der Waals surface area contributed by atoms with Crippen LogP contribution in [0.3, 0.4) is 0 Å². The highest BCUT2D eigenvalue weighted by atomic mass is 32.2. The van der Waals surface area contributed by atoms with Gasteiger partial charge in [-0.1, -0.05) is 18.3 Å². The monoisotopic (exact) mass is 236 g/mol. The van der Waals surface area contributed by atoms with E-state index in [2.05, 4.69) is 6.58 Å². The maximum Gasteiger partial charge on any atom is 0.214 e. The normalized spacial score (nSPS) is 44.7. The van der Waals surface area contributed by atoms with Crippen LogP contribution in [-0.2, 0) is 4.79 Å². The Bertz CT molecular complexity index is 309. The summed E-state index contributed by atoms with van der Waals surface area (Å²) in [4.78, 5) is 11.9. The summed E-state index contributed by atoms with van der Waals surface area (Å²) in [5.41, 5.74) is 0.723. The predicted octanol–water partition coefficient (Wildman–Crippen LogP) is 3.79. The standard InChI is InChI=1S/C14H20OS/c1-9(2)13(15)16-14-6-10-3-11(7-14)5-12(4-10)8-14/h10-12H,1,3-8H2,2H3. The molecular formula is C14H20OS. The van der Waals surface area contributed by atoms with Crippen LogP contribution < -0.4 is 0 Å². The van der Waals surface area contributed by atoms with Gasteiger partial charge in [0.25, 0.3) is 0 Å². The highest BCUT2D eigenvalue weighted by Crippen LogP contribution is 2.60. The SMILES string of the molecule is C=C(C)C(=O)SC12CC3CC(CC(C3)C1)C2. The molecule has 0 N–H and O–H groups in total. The predicted molar refractivity (Wildman–Crippen MR) is 68.3 cm³/mol. The molecule has 0 aliphatic heterocycles. The molecule has 4 bridgehead atoms. The Hall–Kier alpha value is -0.240. The molecule has 4 fully saturated rings. The number of carbonyl (C=O) groups is 1. The van der Waals surface area contributed by atoms with Gasteiger partial charge < -0.3 is 0 Å². The maximum absolute atomic E-state index is 11.9. The quantitative estimate of drug-likeness (QED) is 0.679. The van der Waals surface area contributed by atoms with E-state index in [0.29, 0.717) is 4.75 Å². The molecule has 0 unspecified atom stereocenters. The Morgan fingerprint density at radius 2 is 1.56 bits per heavy atom. The molecule has 0 radical (unpaired) electrons. The highest BCUT2D eigenvalue weighted by Gasteiger charge is 2.52. The van der Waals surface area contributed by atoms with E-state index in [1.54, 1.807) is 11.8 Å². The first kappa shape index (κ1) is 10.9. The fourth-order valence-corrected chi connectivity index (χ4v) is 5.96. The second kappa shape index (κ2) is 3.63. The van der Waals surface area contributed by atoms with Crippen molar-refractivity contribution >= 4 is 16.9 Å². The van der Waals surface area contributed by atoms with E-state index in [4.69, 9.17) is 0 Å². The smallest absolute Gasteiger partial charge is 0.214 e. The summed E-state index contributed by atoms with van der Waals surface area (Å²) < 4.78 is 0.310. The molecule has 4 rings (SSSR count). The molecule has 4 aliphatic rings. The molecule has 16 heavy (non-hydrogen) atoms. The van der Waals surface area contributed by atoms with Gasteiger partial charge in [-0.3, -0.25) is 4.79 Å². The van der Waals surface area contributed by atoms with Gasteiger partial charge in [-0.2, -0.15) is 0 Å². The number of thioether (sulfide) groups is 1. The first-order valence-electron chi connectivity index (χ1n) is 6.45. The van der Waals surface area contributed by atoms with E-state index in [-0.39, 0.29) is 5.12 Å². The van der Waals surface area contributed by atoms with E-state index >= 15 is 0 Å². The van der Waals surface area contributed by atoms with Gasteiger partial charge in [-0.15, -0.1) is 0 Å². The van der Waals surface area contributed by atoms with Crippen LogP contribution in [-0.4, -0.2) is 9.86 Å². The van der Waals surface area contributed by atoms with E-state index in [0.717, 1.165) is 23.3 Å². The molecule has 2 heteroatoms. The van der Waals surface area contributed by atoms with Crippen LogP contribution in [0.25, 0.3) is 0 Å². The van der Waals surface area contributed by atoms with Crippen molar-refractivity contribution in [2.45, 2.75) is 50.2 Å². The maximum atomic E-state index is 11.9. The second-order valence-electron chi connectivity index (χ2n) is 6.27. The molecule has 0 aromatic carbocycles. The van der Waals surface area contributed by atoms with Crippen molar-refractivity contribution < 1.29 is 4.79 Å². The van der Waals surface area contributed by atoms with Crippen molar-refractivity contribution in [3.05, 3.63) is 12.2 Å². The second-order valence-corrected chi connectivity index (χ2v) is 7.71. The Morgan fingerprint density at radius 3 is 1.94 bits per heavy atom. The fourth-order valence-electron chi connectivity index (χ4n) is 4.44. The molecule has 0 spiro atoms. The zero-order valence-corrected chi connectivity index (χ0v) is 10.8. The summed E-state index contributed by atoms with van der Waals surface area (Å²) in [6.45, 7) is 5.63. The Labute approximate surface area is 102 Å². The average molecular weight is 236 g/mol. The third-order valence-electron chi connectivity index (χ3n) is 4.64. The molecule has 1 nitrogen and oxygen atoms in total. The molecule has 4 saturated carbocycles. The topological polar surface area (TPSA) is 17.1 Å². The minimum absolute atomic E-state index is 0.238. The van der Waals surface area contributed by atoms with Crippen molar-refractivity contribution in [2.75, 3.05) is 0 Å². The molecule has 0 heterocycles. The van der Waals surface area contributed by atoms with Crippen LogP contribution in [0.15, 0.2) is 12.2 Å². The van der Waals surface area contributed by atoms with Crippen molar-refractivity contribution in [3.63, 3.8) is 0 Å². The minimum Gasteiger partial charge on any atom is -0.282 e. The number of rotatable bonds is 2. The van der Waals surface area contributed by atoms with Gasteiger partial charge in [-0.05, 0) is 68.8 Å². The Kier molecular flexibility index (Phi) is 2.47. The van der Waals surface area contributed by atoms with Gasteiger partial charge >= 0.3 is 0 Å². The van der Waals surface area contributed by atoms with Crippen LogP contribution in [0.4, 0.5) is 0 Å². The largest absolute Gasteiger partial charge is 0.282 e. The summed E-state index contributed by atoms with van der Waals surface area (Å²) in [7, 11) is 0. The zero-order chi connectivity index (χ0) is 11.3.